The zero-order chi connectivity index (χ0) is 11.7. The Hall–Kier alpha value is -1.32. The van der Waals surface area contributed by atoms with E-state index < -0.39 is 0 Å². The summed E-state index contributed by atoms with van der Waals surface area (Å²) in [6, 6.07) is 5.87. The van der Waals surface area contributed by atoms with Gasteiger partial charge in [0.2, 0.25) is 0 Å². The Bertz CT molecular complexity index is 503. The van der Waals surface area contributed by atoms with Crippen molar-refractivity contribution in [3.63, 3.8) is 0 Å². The Balaban J connectivity index is 2.42. The average Bonchev–Trinajstić information content (AvgIpc) is 2.64. The van der Waals surface area contributed by atoms with E-state index in [1.807, 2.05) is 44.6 Å². The lowest BCUT2D eigenvalue weighted by atomic mass is 10.0. The second kappa shape index (κ2) is 4.28. The molecule has 0 aliphatic carbocycles. The molecule has 0 saturated heterocycles. The van der Waals surface area contributed by atoms with Crippen LogP contribution in [0, 0.1) is 0 Å². The van der Waals surface area contributed by atoms with E-state index in [2.05, 4.69) is 5.10 Å². The fourth-order valence-electron chi connectivity index (χ4n) is 1.65. The van der Waals surface area contributed by atoms with Gasteiger partial charge in [-0.05, 0) is 24.1 Å². The fourth-order valence-corrected chi connectivity index (χ4v) is 2.00. The van der Waals surface area contributed by atoms with E-state index in [0.29, 0.717) is 5.02 Å². The van der Waals surface area contributed by atoms with Gasteiger partial charge in [-0.3, -0.25) is 4.68 Å². The first kappa shape index (κ1) is 11.2. The Kier molecular flexibility index (Phi) is 2.99. The molecule has 0 bridgehead atoms. The van der Waals surface area contributed by atoms with Crippen LogP contribution in [0.3, 0.4) is 0 Å². The van der Waals surface area contributed by atoms with Crippen LogP contribution >= 0.6 is 11.6 Å². The fraction of sp³-hybridized carbons (Fsp3) is 0.250. The van der Waals surface area contributed by atoms with Gasteiger partial charge in [-0.1, -0.05) is 23.7 Å². The van der Waals surface area contributed by atoms with Gasteiger partial charge in [0, 0.05) is 29.9 Å². The van der Waals surface area contributed by atoms with Crippen molar-refractivity contribution in [2.75, 3.05) is 0 Å². The summed E-state index contributed by atoms with van der Waals surface area (Å²) < 4.78 is 1.77. The number of aromatic nitrogens is 2. The van der Waals surface area contributed by atoms with Gasteiger partial charge in [0.05, 0.1) is 6.20 Å². The number of nitrogens with zero attached hydrogens (tertiary/aromatic N) is 2. The zero-order valence-corrected chi connectivity index (χ0v) is 10.1. The molecule has 0 aliphatic rings. The SMILES string of the molecule is CC(N)c1ccc(-c2cnn(C)c2)cc1Cl. The molecule has 1 aromatic heterocycles. The molecular weight excluding hydrogens is 222 g/mol. The minimum atomic E-state index is -0.0459. The zero-order valence-electron chi connectivity index (χ0n) is 9.31. The van der Waals surface area contributed by atoms with E-state index in [0.717, 1.165) is 16.7 Å². The molecule has 4 heteroatoms. The molecule has 1 atom stereocenters. The van der Waals surface area contributed by atoms with E-state index in [9.17, 15) is 0 Å². The quantitative estimate of drug-likeness (QED) is 0.870. The van der Waals surface area contributed by atoms with Crippen LogP contribution in [0.2, 0.25) is 5.02 Å². The summed E-state index contributed by atoms with van der Waals surface area (Å²) in [6.45, 7) is 1.92. The summed E-state index contributed by atoms with van der Waals surface area (Å²) in [5, 5.41) is 4.83. The molecule has 84 valence electrons. The smallest absolute Gasteiger partial charge is 0.0568 e. The number of hydrogen-bond donors (Lipinski definition) is 1. The average molecular weight is 236 g/mol. The summed E-state index contributed by atoms with van der Waals surface area (Å²) in [7, 11) is 1.89. The van der Waals surface area contributed by atoms with Crippen LogP contribution in [0.15, 0.2) is 30.6 Å². The van der Waals surface area contributed by atoms with Crippen LogP contribution in [0.25, 0.3) is 11.1 Å². The van der Waals surface area contributed by atoms with Crippen molar-refractivity contribution in [2.24, 2.45) is 12.8 Å². The Labute approximate surface area is 99.8 Å². The molecule has 0 spiro atoms. The van der Waals surface area contributed by atoms with Crippen molar-refractivity contribution in [1.82, 2.24) is 9.78 Å². The lowest BCUT2D eigenvalue weighted by molar-refractivity contribution is 0.768. The van der Waals surface area contributed by atoms with Gasteiger partial charge < -0.3 is 5.73 Å². The van der Waals surface area contributed by atoms with Crippen molar-refractivity contribution in [1.29, 1.82) is 0 Å². The number of rotatable bonds is 2. The molecule has 0 fully saturated rings. The topological polar surface area (TPSA) is 43.8 Å². The number of hydrogen-bond acceptors (Lipinski definition) is 2. The molecule has 2 rings (SSSR count). The maximum Gasteiger partial charge on any atom is 0.0568 e. The summed E-state index contributed by atoms with van der Waals surface area (Å²) in [4.78, 5) is 0. The number of benzene rings is 1. The third kappa shape index (κ3) is 2.10. The molecule has 3 nitrogen and oxygen atoms in total. The van der Waals surface area contributed by atoms with E-state index in [1.165, 1.54) is 0 Å². The van der Waals surface area contributed by atoms with Gasteiger partial charge in [0.15, 0.2) is 0 Å². The highest BCUT2D eigenvalue weighted by Crippen LogP contribution is 2.27. The van der Waals surface area contributed by atoms with Crippen LogP contribution in [-0.4, -0.2) is 9.78 Å². The Morgan fingerprint density at radius 3 is 2.62 bits per heavy atom. The molecule has 0 aliphatic heterocycles. The highest BCUT2D eigenvalue weighted by atomic mass is 35.5. The highest BCUT2D eigenvalue weighted by Gasteiger charge is 2.07. The van der Waals surface area contributed by atoms with Gasteiger partial charge in [0.25, 0.3) is 0 Å². The molecule has 16 heavy (non-hydrogen) atoms. The molecule has 0 saturated carbocycles. The minimum Gasteiger partial charge on any atom is -0.324 e. The van der Waals surface area contributed by atoms with E-state index >= 15 is 0 Å². The van der Waals surface area contributed by atoms with Crippen molar-refractivity contribution in [3.05, 3.63) is 41.2 Å². The summed E-state index contributed by atoms with van der Waals surface area (Å²) in [5.41, 5.74) is 8.89. The van der Waals surface area contributed by atoms with Crippen molar-refractivity contribution < 1.29 is 0 Å². The summed E-state index contributed by atoms with van der Waals surface area (Å²) in [5.74, 6) is 0. The monoisotopic (exact) mass is 235 g/mol. The molecule has 2 N–H and O–H groups in total. The lowest BCUT2D eigenvalue weighted by Crippen LogP contribution is -2.05. The van der Waals surface area contributed by atoms with Crippen LogP contribution in [0.5, 0.6) is 0 Å². The lowest BCUT2D eigenvalue weighted by Gasteiger charge is -2.09. The third-order valence-corrected chi connectivity index (χ3v) is 2.86. The van der Waals surface area contributed by atoms with Crippen LogP contribution < -0.4 is 5.73 Å². The summed E-state index contributed by atoms with van der Waals surface area (Å²) in [6.07, 6.45) is 3.77. The maximum atomic E-state index is 6.17. The molecule has 1 aromatic carbocycles. The van der Waals surface area contributed by atoms with Crippen molar-refractivity contribution in [3.8, 4) is 11.1 Å². The standard InChI is InChI=1S/C12H14ClN3/c1-8(14)11-4-3-9(5-12(11)13)10-6-15-16(2)7-10/h3-8H,14H2,1-2H3. The van der Waals surface area contributed by atoms with Crippen molar-refractivity contribution >= 4 is 11.6 Å². The van der Waals surface area contributed by atoms with Gasteiger partial charge in [-0.2, -0.15) is 5.10 Å². The third-order valence-electron chi connectivity index (χ3n) is 2.53. The second-order valence-corrected chi connectivity index (χ2v) is 4.33. The molecule has 0 amide bonds. The van der Waals surface area contributed by atoms with Crippen LogP contribution in [0.1, 0.15) is 18.5 Å². The van der Waals surface area contributed by atoms with Crippen LogP contribution in [0.4, 0.5) is 0 Å². The van der Waals surface area contributed by atoms with E-state index in [1.54, 1.807) is 4.68 Å². The van der Waals surface area contributed by atoms with Gasteiger partial charge in [0.1, 0.15) is 0 Å². The number of halogens is 1. The first-order chi connectivity index (χ1) is 7.58. The minimum absolute atomic E-state index is 0.0459. The molecular formula is C12H14ClN3. The molecule has 2 aromatic rings. The molecule has 0 radical (unpaired) electrons. The van der Waals surface area contributed by atoms with Gasteiger partial charge in [-0.25, -0.2) is 0 Å². The Morgan fingerprint density at radius 1 is 1.38 bits per heavy atom. The number of aryl methyl sites for hydroxylation is 1. The maximum absolute atomic E-state index is 6.17. The van der Waals surface area contributed by atoms with Gasteiger partial charge >= 0.3 is 0 Å². The van der Waals surface area contributed by atoms with E-state index in [4.69, 9.17) is 17.3 Å². The first-order valence-corrected chi connectivity index (χ1v) is 5.50. The molecule has 1 unspecified atom stereocenters. The van der Waals surface area contributed by atoms with Gasteiger partial charge in [-0.15, -0.1) is 0 Å². The molecule has 1 heterocycles. The Morgan fingerprint density at radius 2 is 2.12 bits per heavy atom. The highest BCUT2D eigenvalue weighted by molar-refractivity contribution is 6.31. The largest absolute Gasteiger partial charge is 0.324 e. The predicted molar refractivity (Wildman–Crippen MR) is 66.3 cm³/mol. The number of nitrogens with two attached hydrogens (primary N) is 1. The predicted octanol–water partition coefficient (Wildman–Crippen LogP) is 2.76. The van der Waals surface area contributed by atoms with Crippen LogP contribution in [-0.2, 0) is 7.05 Å². The van der Waals surface area contributed by atoms with E-state index in [-0.39, 0.29) is 6.04 Å². The summed E-state index contributed by atoms with van der Waals surface area (Å²) >= 11 is 6.17. The van der Waals surface area contributed by atoms with Crippen molar-refractivity contribution in [2.45, 2.75) is 13.0 Å². The first-order valence-electron chi connectivity index (χ1n) is 5.12. The second-order valence-electron chi connectivity index (χ2n) is 3.93. The normalized spacial score (nSPS) is 12.8.